The maximum absolute atomic E-state index is 12.6. The number of carboxylic acids is 1. The lowest BCUT2D eigenvalue weighted by Gasteiger charge is -2.20. The molecule has 0 aliphatic carbocycles. The first-order valence-corrected chi connectivity index (χ1v) is 24.5. The minimum atomic E-state index is -4.73. The van der Waals surface area contributed by atoms with E-state index >= 15 is 0 Å². The first-order chi connectivity index (χ1) is 29.1. The van der Waals surface area contributed by atoms with Crippen molar-refractivity contribution in [2.75, 3.05) is 19.8 Å². The molecule has 0 saturated carbocycles. The van der Waals surface area contributed by atoms with E-state index in [0.29, 0.717) is 12.8 Å². The summed E-state index contributed by atoms with van der Waals surface area (Å²) in [5.41, 5.74) is 5.34. The quantitative estimate of drug-likeness (QED) is 0.0231. The van der Waals surface area contributed by atoms with Gasteiger partial charge in [-0.1, -0.05) is 151 Å². The van der Waals surface area contributed by atoms with Crippen molar-refractivity contribution in [2.24, 2.45) is 5.73 Å². The molecular formula is C48H82NO10P. The molecule has 0 radical (unpaired) electrons. The van der Waals surface area contributed by atoms with Crippen LogP contribution in [0.5, 0.6) is 0 Å². The number of phosphoric ester groups is 1. The highest BCUT2D eigenvalue weighted by molar-refractivity contribution is 7.47. The zero-order valence-corrected chi connectivity index (χ0v) is 38.2. The summed E-state index contributed by atoms with van der Waals surface area (Å²) in [6.07, 6.45) is 51.0. The van der Waals surface area contributed by atoms with Gasteiger partial charge in [0, 0.05) is 12.8 Å². The fourth-order valence-electron chi connectivity index (χ4n) is 5.78. The second kappa shape index (κ2) is 42.6. The Balaban J connectivity index is 4.43. The molecule has 344 valence electrons. The van der Waals surface area contributed by atoms with Gasteiger partial charge >= 0.3 is 25.7 Å². The highest BCUT2D eigenvalue weighted by Gasteiger charge is 2.28. The smallest absolute Gasteiger partial charge is 0.472 e. The predicted molar refractivity (Wildman–Crippen MR) is 244 cm³/mol. The Morgan fingerprint density at radius 1 is 0.517 bits per heavy atom. The molecule has 0 rings (SSSR count). The van der Waals surface area contributed by atoms with Crippen molar-refractivity contribution in [2.45, 2.75) is 193 Å². The molecule has 0 fully saturated rings. The Bertz CT molecular complexity index is 1290. The van der Waals surface area contributed by atoms with Gasteiger partial charge in [-0.05, 0) is 89.9 Å². The second-order valence-corrected chi connectivity index (χ2v) is 16.6. The molecule has 0 aromatic carbocycles. The van der Waals surface area contributed by atoms with E-state index in [9.17, 15) is 23.8 Å². The first kappa shape index (κ1) is 56.9. The van der Waals surface area contributed by atoms with E-state index in [1.807, 2.05) is 0 Å². The Kier molecular flexibility index (Phi) is 40.4. The van der Waals surface area contributed by atoms with Crippen LogP contribution in [-0.4, -0.2) is 59.9 Å². The van der Waals surface area contributed by atoms with E-state index in [2.05, 4.69) is 91.3 Å². The summed E-state index contributed by atoms with van der Waals surface area (Å²) in [6.45, 7) is 2.71. The van der Waals surface area contributed by atoms with Crippen LogP contribution in [0.4, 0.5) is 0 Å². The van der Waals surface area contributed by atoms with E-state index in [-0.39, 0.29) is 19.4 Å². The van der Waals surface area contributed by atoms with Crippen LogP contribution in [0.25, 0.3) is 0 Å². The molecule has 0 aliphatic heterocycles. The summed E-state index contributed by atoms with van der Waals surface area (Å²) < 4.78 is 32.7. The van der Waals surface area contributed by atoms with Crippen LogP contribution in [0.15, 0.2) is 72.9 Å². The molecule has 1 unspecified atom stereocenters. The van der Waals surface area contributed by atoms with Crippen molar-refractivity contribution in [1.82, 2.24) is 0 Å². The topological polar surface area (TPSA) is 172 Å². The van der Waals surface area contributed by atoms with Crippen molar-refractivity contribution in [3.8, 4) is 0 Å². The predicted octanol–water partition coefficient (Wildman–Crippen LogP) is 12.5. The van der Waals surface area contributed by atoms with Gasteiger partial charge in [0.05, 0.1) is 13.2 Å². The van der Waals surface area contributed by atoms with Crippen LogP contribution in [-0.2, 0) is 37.5 Å². The third kappa shape index (κ3) is 41.6. The fraction of sp³-hybridized carbons (Fsp3) is 0.688. The normalized spacial score (nSPS) is 14.3. The Labute approximate surface area is 363 Å². The molecule has 3 atom stereocenters. The third-order valence-electron chi connectivity index (χ3n) is 9.43. The van der Waals surface area contributed by atoms with Gasteiger partial charge in [0.25, 0.3) is 0 Å². The molecule has 0 heterocycles. The van der Waals surface area contributed by atoms with Crippen LogP contribution in [0.3, 0.4) is 0 Å². The Morgan fingerprint density at radius 2 is 0.883 bits per heavy atom. The molecule has 0 bridgehead atoms. The van der Waals surface area contributed by atoms with E-state index in [1.165, 1.54) is 64.2 Å². The monoisotopic (exact) mass is 864 g/mol. The molecule has 0 aliphatic rings. The number of unbranched alkanes of at least 4 members (excludes halogenated alkanes) is 16. The summed E-state index contributed by atoms with van der Waals surface area (Å²) in [4.78, 5) is 46.0. The minimum absolute atomic E-state index is 0.118. The summed E-state index contributed by atoms with van der Waals surface area (Å²) >= 11 is 0. The number of carboxylic acid groups (broad SMARTS) is 1. The molecule has 11 nitrogen and oxygen atoms in total. The lowest BCUT2D eigenvalue weighted by Crippen LogP contribution is -2.34. The average Bonchev–Trinajstić information content (AvgIpc) is 3.22. The highest BCUT2D eigenvalue weighted by atomic mass is 31.2. The standard InChI is InChI=1S/C48H82NO10P/c1-3-5-7-9-11-13-15-17-19-21-22-24-26-28-30-32-34-36-38-40-47(51)59-44(42-57-60(54,55)58-43-45(49)48(52)53)41-56-46(50)39-37-35-33-31-29-27-25-23-20-18-16-14-12-10-8-6-4-2/h11-14,17-20,22,24,28,30,44-45H,3-10,15-16,21,23,25-27,29,31-43,49H2,1-2H3,(H,52,53)(H,54,55)/b13-11-,14-12-,19-17-,20-18-,24-22-,30-28-/t44-,45+/m1/s1. The molecule has 0 spiro atoms. The number of hydrogen-bond donors (Lipinski definition) is 3. The molecule has 0 aromatic rings. The molecule has 60 heavy (non-hydrogen) atoms. The largest absolute Gasteiger partial charge is 0.480 e. The van der Waals surface area contributed by atoms with Gasteiger partial charge in [-0.3, -0.25) is 23.4 Å². The van der Waals surface area contributed by atoms with Crippen LogP contribution >= 0.6 is 7.82 Å². The average molecular weight is 864 g/mol. The number of esters is 2. The van der Waals surface area contributed by atoms with E-state index < -0.39 is 51.1 Å². The van der Waals surface area contributed by atoms with Gasteiger partial charge in [-0.25, -0.2) is 4.57 Å². The van der Waals surface area contributed by atoms with Crippen LogP contribution in [0.1, 0.15) is 181 Å². The van der Waals surface area contributed by atoms with Crippen molar-refractivity contribution in [3.05, 3.63) is 72.9 Å². The van der Waals surface area contributed by atoms with Gasteiger partial charge in [-0.15, -0.1) is 0 Å². The van der Waals surface area contributed by atoms with Crippen LogP contribution < -0.4 is 5.73 Å². The SMILES string of the molecule is CCCCC/C=C\C/C=C\C/C=C\C/C=C\CCCCCC(=O)O[C@H](COC(=O)CCCCCCCCC/C=C\C/C=C\CCCCC)COP(=O)(O)OC[C@H](N)C(=O)O. The lowest BCUT2D eigenvalue weighted by molar-refractivity contribution is -0.161. The molecular weight excluding hydrogens is 781 g/mol. The summed E-state index contributed by atoms with van der Waals surface area (Å²) in [7, 11) is -4.73. The van der Waals surface area contributed by atoms with Gasteiger partial charge in [-0.2, -0.15) is 0 Å². The summed E-state index contributed by atoms with van der Waals surface area (Å²) in [6, 6.07) is -1.53. The Morgan fingerprint density at radius 3 is 1.33 bits per heavy atom. The van der Waals surface area contributed by atoms with Crippen molar-refractivity contribution >= 4 is 25.7 Å². The number of nitrogens with two attached hydrogens (primary N) is 1. The number of carbonyl (C=O) groups is 3. The maximum atomic E-state index is 12.6. The first-order valence-electron chi connectivity index (χ1n) is 23.0. The number of ether oxygens (including phenoxy) is 2. The van der Waals surface area contributed by atoms with E-state index in [1.54, 1.807) is 0 Å². The fourth-order valence-corrected chi connectivity index (χ4v) is 6.56. The van der Waals surface area contributed by atoms with Crippen LogP contribution in [0.2, 0.25) is 0 Å². The molecule has 12 heteroatoms. The summed E-state index contributed by atoms with van der Waals surface area (Å²) in [5, 5.41) is 8.90. The van der Waals surface area contributed by atoms with E-state index in [4.69, 9.17) is 24.8 Å². The minimum Gasteiger partial charge on any atom is -0.480 e. The molecule has 0 saturated heterocycles. The molecule has 0 aromatic heterocycles. The second-order valence-electron chi connectivity index (χ2n) is 15.2. The van der Waals surface area contributed by atoms with Crippen molar-refractivity contribution < 1.29 is 47.5 Å². The van der Waals surface area contributed by atoms with Gasteiger partial charge in [0.2, 0.25) is 0 Å². The maximum Gasteiger partial charge on any atom is 0.472 e. The van der Waals surface area contributed by atoms with Gasteiger partial charge < -0.3 is 25.2 Å². The lowest BCUT2D eigenvalue weighted by atomic mass is 10.1. The van der Waals surface area contributed by atoms with Gasteiger partial charge in [0.1, 0.15) is 12.6 Å². The third-order valence-corrected chi connectivity index (χ3v) is 10.4. The number of phosphoric acid groups is 1. The number of hydrogen-bond acceptors (Lipinski definition) is 9. The highest BCUT2D eigenvalue weighted by Crippen LogP contribution is 2.43. The zero-order chi connectivity index (χ0) is 44.2. The molecule has 0 amide bonds. The van der Waals surface area contributed by atoms with Gasteiger partial charge in [0.15, 0.2) is 6.10 Å². The summed E-state index contributed by atoms with van der Waals surface area (Å²) in [5.74, 6) is -2.44. The number of rotatable bonds is 42. The zero-order valence-electron chi connectivity index (χ0n) is 37.3. The number of allylic oxidation sites excluding steroid dienone is 12. The van der Waals surface area contributed by atoms with Crippen molar-refractivity contribution in [3.63, 3.8) is 0 Å². The molecule has 4 N–H and O–H groups in total. The number of aliphatic carboxylic acids is 1. The Hall–Kier alpha value is -3.08. The van der Waals surface area contributed by atoms with Crippen LogP contribution in [0, 0.1) is 0 Å². The van der Waals surface area contributed by atoms with E-state index in [0.717, 1.165) is 77.0 Å². The van der Waals surface area contributed by atoms with Crippen molar-refractivity contribution in [1.29, 1.82) is 0 Å². The number of carbonyl (C=O) groups excluding carboxylic acids is 2.